The maximum absolute atomic E-state index is 8.28. The predicted molar refractivity (Wildman–Crippen MR) is 17.2 cm³/mol. The molecule has 0 aromatic heterocycles. The summed E-state index contributed by atoms with van der Waals surface area (Å²) in [7, 11) is 0.611. The average molecular weight is 152 g/mol. The largest absolute Gasteiger partial charge is 2.00 e. The monoisotopic (exact) mass is 151 g/mol. The summed E-state index contributed by atoms with van der Waals surface area (Å²) in [6.07, 6.45) is 0. The van der Waals surface area contributed by atoms with Gasteiger partial charge in [0.25, 0.3) is 0 Å². The molecule has 27 valence electrons. The fourth-order valence-electron chi connectivity index (χ4n) is 0. The van der Waals surface area contributed by atoms with Crippen LogP contribution in [0.25, 0.3) is 0 Å². The first-order chi connectivity index (χ1) is 1.00. The van der Waals surface area contributed by atoms with Gasteiger partial charge in [-0.2, -0.15) is 0 Å². The average Bonchev–Trinajstić information content (AvgIpc) is 1.00. The van der Waals surface area contributed by atoms with Gasteiger partial charge in [-0.25, -0.2) is 0 Å². The summed E-state index contributed by atoms with van der Waals surface area (Å²) in [5, 5.41) is 0. The van der Waals surface area contributed by atoms with Crippen LogP contribution in [-0.2, 0) is 21.5 Å². The second-order valence-corrected chi connectivity index (χ2v) is 0. The Balaban J connectivity index is -0.000000000833. The molecule has 0 amide bonds. The van der Waals surface area contributed by atoms with E-state index in [2.05, 4.69) is 0 Å². The Morgan fingerprint density at radius 1 is 1.50 bits per heavy atom. The van der Waals surface area contributed by atoms with Crippen molar-refractivity contribution < 1.29 is 24.4 Å². The smallest absolute Gasteiger partial charge is 1.00 e. The van der Waals surface area contributed by atoms with Crippen molar-refractivity contribution in [2.75, 3.05) is 0 Å². The molecule has 0 unspecified atom stereocenters. The molecule has 1 radical (unpaired) electrons. The Morgan fingerprint density at radius 2 is 1.50 bits per heavy atom. The van der Waals surface area contributed by atoms with Crippen LogP contribution in [0.3, 0.4) is 0 Å². The molecule has 0 N–H and O–H groups in total. The van der Waals surface area contributed by atoms with E-state index in [0.29, 0.717) is 10.1 Å². The summed E-state index contributed by atoms with van der Waals surface area (Å²) >= 11 is 0. The van der Waals surface area contributed by atoms with Crippen LogP contribution in [0.4, 0.5) is 0 Å². The second kappa shape index (κ2) is 21.4. The van der Waals surface area contributed by atoms with E-state index in [9.17, 15) is 0 Å². The zero-order chi connectivity index (χ0) is 2.00. The van der Waals surface area contributed by atoms with Crippen molar-refractivity contribution in [2.45, 2.75) is 0 Å². The van der Waals surface area contributed by atoms with Gasteiger partial charge >= 0.3 is 37.7 Å². The van der Waals surface area contributed by atoms with E-state index in [0.717, 1.165) is 0 Å². The van der Waals surface area contributed by atoms with Crippen molar-refractivity contribution in [1.29, 1.82) is 0 Å². The molecule has 0 aliphatic heterocycles. The fraction of sp³-hybridized carbons (Fsp3) is 0. The summed E-state index contributed by atoms with van der Waals surface area (Å²) in [4.78, 5) is 0. The number of rotatable bonds is 0. The molecule has 0 saturated carbocycles. The first-order valence-corrected chi connectivity index (χ1v) is 0.866. The Labute approximate surface area is 71.5 Å². The normalized spacial score (nSPS) is 1.00. The molecular formula is H4CaCuOSi. The first-order valence-electron chi connectivity index (χ1n) is 0.289. The van der Waals surface area contributed by atoms with Gasteiger partial charge in [-0.1, -0.05) is 0 Å². The van der Waals surface area contributed by atoms with Gasteiger partial charge in [0, 0.05) is 17.1 Å². The van der Waals surface area contributed by atoms with Crippen molar-refractivity contribution in [2.24, 2.45) is 0 Å². The molecule has 0 aromatic carbocycles. The third-order valence-corrected chi connectivity index (χ3v) is 0. The third-order valence-electron chi connectivity index (χ3n) is 0. The zero-order valence-electron chi connectivity index (χ0n) is 4.12. The quantitative estimate of drug-likeness (QED) is 0.398. The topological polar surface area (TPSA) is 17.1 Å². The Bertz CT molecular complexity index is 13.5. The van der Waals surface area contributed by atoms with Crippen LogP contribution >= 0.6 is 0 Å². The van der Waals surface area contributed by atoms with E-state index < -0.39 is 0 Å². The van der Waals surface area contributed by atoms with E-state index >= 15 is 0 Å². The van der Waals surface area contributed by atoms with Gasteiger partial charge in [-0.05, 0) is 0 Å². The zero-order valence-corrected chi connectivity index (χ0v) is 6.69. The summed E-state index contributed by atoms with van der Waals surface area (Å²) in [6.45, 7) is 0. The van der Waals surface area contributed by atoms with Gasteiger partial charge in [0.1, 0.15) is 0 Å². The Morgan fingerprint density at radius 3 is 1.50 bits per heavy atom. The Hall–Kier alpha value is 1.80. The minimum atomic E-state index is 0. The molecule has 0 bridgehead atoms. The van der Waals surface area contributed by atoms with Gasteiger partial charge in [-0.15, -0.1) is 0 Å². The van der Waals surface area contributed by atoms with Gasteiger partial charge in [0.05, 0.1) is 0 Å². The maximum atomic E-state index is 8.28. The molecule has 1 nitrogen and oxygen atoms in total. The molecule has 0 aliphatic rings. The van der Waals surface area contributed by atoms with Crippen LogP contribution in [0, 0.1) is 0 Å². The molecule has 0 saturated heterocycles. The Kier molecular flexibility index (Phi) is 91.3. The van der Waals surface area contributed by atoms with Gasteiger partial charge in [0.2, 0.25) is 10.1 Å². The second-order valence-electron chi connectivity index (χ2n) is 0. The molecule has 0 fully saturated rings. The molecule has 0 aromatic rings. The molecule has 4 heavy (non-hydrogen) atoms. The molecule has 0 spiro atoms. The third kappa shape index (κ3) is 9.20. The minimum Gasteiger partial charge on any atom is -1.00 e. The van der Waals surface area contributed by atoms with E-state index in [1.807, 2.05) is 0 Å². The number of hydrogen-bond acceptors (Lipinski definition) is 1. The molecule has 0 rings (SSSR count). The van der Waals surface area contributed by atoms with Crippen LogP contribution in [0.5, 0.6) is 0 Å². The summed E-state index contributed by atoms with van der Waals surface area (Å²) in [5.41, 5.74) is 0. The van der Waals surface area contributed by atoms with Crippen LogP contribution in [0.2, 0.25) is 0 Å². The molecule has 0 atom stereocenters. The van der Waals surface area contributed by atoms with Gasteiger partial charge < -0.3 is 7.32 Å². The van der Waals surface area contributed by atoms with Crippen molar-refractivity contribution in [3.05, 3.63) is 0 Å². The summed E-state index contributed by atoms with van der Waals surface area (Å²) in [6, 6.07) is 0. The van der Waals surface area contributed by atoms with E-state index in [1.54, 1.807) is 0 Å². The molecular weight excluding hydrogens is 148 g/mol. The van der Waals surface area contributed by atoms with E-state index in [-0.39, 0.29) is 57.7 Å². The van der Waals surface area contributed by atoms with Gasteiger partial charge in [-0.3, -0.25) is 0 Å². The van der Waals surface area contributed by atoms with Crippen molar-refractivity contribution in [1.82, 2.24) is 0 Å². The first kappa shape index (κ1) is 17.1. The van der Waals surface area contributed by atoms with Crippen molar-refractivity contribution in [3.8, 4) is 0 Å². The maximum Gasteiger partial charge on any atom is 2.00 e. The van der Waals surface area contributed by atoms with Crippen LogP contribution in [0.1, 0.15) is 2.85 Å². The van der Waals surface area contributed by atoms with Crippen LogP contribution in [-0.4, -0.2) is 47.9 Å². The standard InChI is InChI=1S/Ca.Cu.H2OSi.2H/c;;1-2;;/h;;2H2;;/q+2;;;2*-1. The van der Waals surface area contributed by atoms with Gasteiger partial charge in [0.15, 0.2) is 0 Å². The van der Waals surface area contributed by atoms with Crippen LogP contribution < -0.4 is 0 Å². The summed E-state index contributed by atoms with van der Waals surface area (Å²) < 4.78 is 8.28. The molecule has 0 heterocycles. The van der Waals surface area contributed by atoms with E-state index in [1.165, 1.54) is 0 Å². The van der Waals surface area contributed by atoms with Crippen LogP contribution in [0.15, 0.2) is 0 Å². The molecule has 0 aliphatic carbocycles. The summed E-state index contributed by atoms with van der Waals surface area (Å²) in [5.74, 6) is 0. The fourth-order valence-corrected chi connectivity index (χ4v) is 0. The van der Waals surface area contributed by atoms with Crippen molar-refractivity contribution >= 4 is 47.9 Å². The van der Waals surface area contributed by atoms with E-state index in [4.69, 9.17) is 4.46 Å². The predicted octanol–water partition coefficient (Wildman–Crippen LogP) is -1.19. The minimum absolute atomic E-state index is 0. The number of hydrogen-bond donors (Lipinski definition) is 0. The van der Waals surface area contributed by atoms with Crippen molar-refractivity contribution in [3.63, 3.8) is 0 Å². The SMILES string of the molecule is O=[SiH2].[Ca+2].[Cu].[H-].[H-]. The molecule has 4 heteroatoms.